The van der Waals surface area contributed by atoms with Gasteiger partial charge in [-0.2, -0.15) is 0 Å². The smallest absolute Gasteiger partial charge is 0.130 e. The third-order valence-electron chi connectivity index (χ3n) is 2.71. The summed E-state index contributed by atoms with van der Waals surface area (Å²) in [6, 6.07) is 4.82. The summed E-state index contributed by atoms with van der Waals surface area (Å²) in [5.74, 6) is -0.0294. The lowest BCUT2D eigenvalue weighted by Gasteiger charge is -2.24. The van der Waals surface area contributed by atoms with Gasteiger partial charge in [-0.1, -0.05) is 19.9 Å². The summed E-state index contributed by atoms with van der Waals surface area (Å²) in [7, 11) is 0. The molecule has 0 radical (unpaired) electrons. The van der Waals surface area contributed by atoms with Crippen molar-refractivity contribution in [3.63, 3.8) is 0 Å². The van der Waals surface area contributed by atoms with Gasteiger partial charge >= 0.3 is 0 Å². The van der Waals surface area contributed by atoms with Gasteiger partial charge < -0.3 is 4.79 Å². The fraction of sp³-hybridized carbons (Fsp3) is 0.500. The average Bonchev–Trinajstić information content (AvgIpc) is 2.08. The highest BCUT2D eigenvalue weighted by Gasteiger charge is 2.21. The Bertz CT molecular complexity index is 394. The topological polar surface area (TPSA) is 17.1 Å². The maximum atomic E-state index is 13.1. The minimum absolute atomic E-state index is 0.107. The standard InChI is InChI=1S/C14H19FO/c1-10-5-6-13(15)7-12(10)9-14(3,4)8-11(2)16/h5-7H,8-9H2,1-4H3. The van der Waals surface area contributed by atoms with Crippen molar-refractivity contribution in [1.82, 2.24) is 0 Å². The molecule has 0 amide bonds. The molecule has 0 saturated heterocycles. The van der Waals surface area contributed by atoms with Crippen molar-refractivity contribution in [3.05, 3.63) is 35.1 Å². The number of hydrogen-bond donors (Lipinski definition) is 0. The van der Waals surface area contributed by atoms with Crippen LogP contribution in [0.15, 0.2) is 18.2 Å². The number of Topliss-reactive ketones (excluding diaryl/α,β-unsaturated/α-hetero) is 1. The predicted octanol–water partition coefficient (Wildman–Crippen LogP) is 3.68. The zero-order valence-corrected chi connectivity index (χ0v) is 10.4. The monoisotopic (exact) mass is 222 g/mol. The Labute approximate surface area is 96.7 Å². The van der Waals surface area contributed by atoms with Gasteiger partial charge in [0.2, 0.25) is 0 Å². The zero-order valence-electron chi connectivity index (χ0n) is 10.4. The number of benzene rings is 1. The normalized spacial score (nSPS) is 11.6. The molecule has 0 aromatic heterocycles. The highest BCUT2D eigenvalue weighted by Crippen LogP contribution is 2.27. The molecule has 1 aromatic rings. The van der Waals surface area contributed by atoms with E-state index in [-0.39, 0.29) is 17.0 Å². The van der Waals surface area contributed by atoms with Gasteiger partial charge in [0.05, 0.1) is 0 Å². The number of rotatable bonds is 4. The van der Waals surface area contributed by atoms with Crippen LogP contribution in [0.25, 0.3) is 0 Å². The quantitative estimate of drug-likeness (QED) is 0.759. The summed E-state index contributed by atoms with van der Waals surface area (Å²) >= 11 is 0. The SMILES string of the molecule is CC(=O)CC(C)(C)Cc1cc(F)ccc1C. The van der Waals surface area contributed by atoms with Crippen molar-refractivity contribution < 1.29 is 9.18 Å². The third-order valence-corrected chi connectivity index (χ3v) is 2.71. The second-order valence-electron chi connectivity index (χ2n) is 5.29. The van der Waals surface area contributed by atoms with Crippen molar-refractivity contribution in [1.29, 1.82) is 0 Å². The molecule has 0 heterocycles. The molecule has 0 N–H and O–H groups in total. The molecule has 1 aromatic carbocycles. The van der Waals surface area contributed by atoms with E-state index >= 15 is 0 Å². The molecule has 0 fully saturated rings. The van der Waals surface area contributed by atoms with Crippen molar-refractivity contribution in [2.75, 3.05) is 0 Å². The van der Waals surface area contributed by atoms with Crippen LogP contribution in [0, 0.1) is 18.2 Å². The molecule has 2 heteroatoms. The van der Waals surface area contributed by atoms with Crippen molar-refractivity contribution >= 4 is 5.78 Å². The first kappa shape index (κ1) is 12.9. The van der Waals surface area contributed by atoms with E-state index in [0.717, 1.165) is 17.5 Å². The summed E-state index contributed by atoms with van der Waals surface area (Å²) in [5.41, 5.74) is 1.97. The van der Waals surface area contributed by atoms with Crippen LogP contribution in [0.1, 0.15) is 38.3 Å². The van der Waals surface area contributed by atoms with Gasteiger partial charge in [0, 0.05) is 6.42 Å². The minimum atomic E-state index is -0.209. The van der Waals surface area contributed by atoms with Crippen LogP contribution in [0.5, 0.6) is 0 Å². The molecular formula is C14H19FO. The van der Waals surface area contributed by atoms with E-state index in [1.807, 2.05) is 20.8 Å². The first-order chi connectivity index (χ1) is 7.30. The van der Waals surface area contributed by atoms with E-state index < -0.39 is 0 Å². The third kappa shape index (κ3) is 3.76. The summed E-state index contributed by atoms with van der Waals surface area (Å²) in [6.45, 7) is 7.65. The van der Waals surface area contributed by atoms with Crippen molar-refractivity contribution in [2.45, 2.75) is 40.5 Å². The molecule has 0 aliphatic rings. The second-order valence-corrected chi connectivity index (χ2v) is 5.29. The maximum absolute atomic E-state index is 13.1. The lowest BCUT2D eigenvalue weighted by atomic mass is 9.80. The summed E-state index contributed by atoms with van der Waals surface area (Å²) in [5, 5.41) is 0. The van der Waals surface area contributed by atoms with E-state index in [1.165, 1.54) is 6.07 Å². The van der Waals surface area contributed by atoms with Gasteiger partial charge in [0.1, 0.15) is 11.6 Å². The maximum Gasteiger partial charge on any atom is 0.130 e. The first-order valence-electron chi connectivity index (χ1n) is 5.55. The lowest BCUT2D eigenvalue weighted by molar-refractivity contribution is -0.118. The highest BCUT2D eigenvalue weighted by molar-refractivity contribution is 5.76. The van der Waals surface area contributed by atoms with Crippen LogP contribution in [0.4, 0.5) is 4.39 Å². The average molecular weight is 222 g/mol. The number of aryl methyl sites for hydroxylation is 1. The van der Waals surface area contributed by atoms with Gasteiger partial charge in [0.15, 0.2) is 0 Å². The van der Waals surface area contributed by atoms with E-state index in [2.05, 4.69) is 0 Å². The van der Waals surface area contributed by atoms with Crippen LogP contribution in [-0.2, 0) is 11.2 Å². The molecule has 16 heavy (non-hydrogen) atoms. The predicted molar refractivity (Wildman–Crippen MR) is 63.9 cm³/mol. The highest BCUT2D eigenvalue weighted by atomic mass is 19.1. The Morgan fingerprint density at radius 3 is 2.56 bits per heavy atom. The van der Waals surface area contributed by atoms with Crippen LogP contribution < -0.4 is 0 Å². The molecule has 0 spiro atoms. The molecule has 0 aliphatic carbocycles. The minimum Gasteiger partial charge on any atom is -0.300 e. The number of carbonyl (C=O) groups excluding carboxylic acids is 1. The number of halogens is 1. The van der Waals surface area contributed by atoms with E-state index in [9.17, 15) is 9.18 Å². The van der Waals surface area contributed by atoms with Crippen molar-refractivity contribution in [3.8, 4) is 0 Å². The van der Waals surface area contributed by atoms with Gasteiger partial charge in [-0.05, 0) is 48.9 Å². The fourth-order valence-electron chi connectivity index (χ4n) is 2.08. The molecular weight excluding hydrogens is 203 g/mol. The fourth-order valence-corrected chi connectivity index (χ4v) is 2.08. The van der Waals surface area contributed by atoms with Gasteiger partial charge in [0.25, 0.3) is 0 Å². The summed E-state index contributed by atoms with van der Waals surface area (Å²) in [6.07, 6.45) is 1.26. The Hall–Kier alpha value is -1.18. The largest absolute Gasteiger partial charge is 0.300 e. The number of carbonyl (C=O) groups is 1. The van der Waals surface area contributed by atoms with Gasteiger partial charge in [-0.25, -0.2) is 4.39 Å². The molecule has 0 bridgehead atoms. The molecule has 0 atom stereocenters. The molecule has 1 rings (SSSR count). The molecule has 0 saturated carbocycles. The summed E-state index contributed by atoms with van der Waals surface area (Å²) < 4.78 is 13.1. The zero-order chi connectivity index (χ0) is 12.3. The Kier molecular flexibility index (Phi) is 3.84. The lowest BCUT2D eigenvalue weighted by Crippen LogP contribution is -2.19. The van der Waals surface area contributed by atoms with E-state index in [4.69, 9.17) is 0 Å². The van der Waals surface area contributed by atoms with Crippen LogP contribution in [0.2, 0.25) is 0 Å². The second kappa shape index (κ2) is 4.77. The Balaban J connectivity index is 2.86. The summed E-state index contributed by atoms with van der Waals surface area (Å²) in [4.78, 5) is 11.1. The molecule has 1 nitrogen and oxygen atoms in total. The number of hydrogen-bond acceptors (Lipinski definition) is 1. The molecule has 0 unspecified atom stereocenters. The van der Waals surface area contributed by atoms with Gasteiger partial charge in [-0.3, -0.25) is 0 Å². The first-order valence-corrected chi connectivity index (χ1v) is 5.55. The van der Waals surface area contributed by atoms with Crippen LogP contribution in [0.3, 0.4) is 0 Å². The van der Waals surface area contributed by atoms with Crippen LogP contribution in [-0.4, -0.2) is 5.78 Å². The number of ketones is 1. The van der Waals surface area contributed by atoms with Gasteiger partial charge in [-0.15, -0.1) is 0 Å². The molecule has 0 aliphatic heterocycles. The molecule has 88 valence electrons. The Morgan fingerprint density at radius 2 is 2.00 bits per heavy atom. The Morgan fingerprint density at radius 1 is 1.38 bits per heavy atom. The van der Waals surface area contributed by atoms with E-state index in [0.29, 0.717) is 6.42 Å². The van der Waals surface area contributed by atoms with Crippen LogP contribution >= 0.6 is 0 Å². The van der Waals surface area contributed by atoms with E-state index in [1.54, 1.807) is 19.1 Å². The van der Waals surface area contributed by atoms with Crippen molar-refractivity contribution in [2.24, 2.45) is 5.41 Å².